The molecule has 202 valence electrons. The third-order valence-electron chi connectivity index (χ3n) is 6.95. The highest BCUT2D eigenvalue weighted by molar-refractivity contribution is 14.1. The van der Waals surface area contributed by atoms with Crippen molar-refractivity contribution in [2.75, 3.05) is 37.5 Å². The van der Waals surface area contributed by atoms with Gasteiger partial charge in [-0.25, -0.2) is 4.79 Å². The number of hydrogen-bond donors (Lipinski definition) is 2. The number of fused-ring (bicyclic) bond motifs is 2. The van der Waals surface area contributed by atoms with Crippen molar-refractivity contribution in [2.45, 2.75) is 25.4 Å². The molecule has 0 spiro atoms. The van der Waals surface area contributed by atoms with Gasteiger partial charge in [0.2, 0.25) is 11.8 Å². The third-order valence-corrected chi connectivity index (χ3v) is 7.79. The van der Waals surface area contributed by atoms with Crippen molar-refractivity contribution in [3.8, 4) is 11.5 Å². The molecule has 0 bridgehead atoms. The number of benzene rings is 3. The number of carbonyl (C=O) groups is 3. The van der Waals surface area contributed by atoms with Gasteiger partial charge in [0, 0.05) is 12.1 Å². The summed E-state index contributed by atoms with van der Waals surface area (Å²) >= 11 is 2.12. The number of urea groups is 1. The van der Waals surface area contributed by atoms with E-state index in [0.717, 1.165) is 22.0 Å². The van der Waals surface area contributed by atoms with Crippen molar-refractivity contribution in [3.05, 3.63) is 80.9 Å². The molecular formula is C29H29IN4O5. The van der Waals surface area contributed by atoms with Gasteiger partial charge in [0.15, 0.2) is 0 Å². The van der Waals surface area contributed by atoms with Gasteiger partial charge in [0.05, 0.1) is 35.7 Å². The maximum absolute atomic E-state index is 13.5. The van der Waals surface area contributed by atoms with Crippen molar-refractivity contribution >= 4 is 51.8 Å². The van der Waals surface area contributed by atoms with Gasteiger partial charge in [-0.05, 0) is 64.3 Å². The van der Waals surface area contributed by atoms with E-state index in [1.807, 2.05) is 36.4 Å². The Hall–Kier alpha value is -3.80. The second-order valence-electron chi connectivity index (χ2n) is 9.53. The molecule has 0 fully saturated rings. The van der Waals surface area contributed by atoms with E-state index in [9.17, 15) is 14.4 Å². The lowest BCUT2D eigenvalue weighted by Gasteiger charge is -2.36. The van der Waals surface area contributed by atoms with Gasteiger partial charge in [0.1, 0.15) is 24.6 Å². The van der Waals surface area contributed by atoms with E-state index in [2.05, 4.69) is 45.4 Å². The number of rotatable bonds is 8. The molecule has 9 nitrogen and oxygen atoms in total. The molecule has 3 aromatic carbocycles. The zero-order chi connectivity index (χ0) is 27.5. The molecule has 0 atom stereocenters. The second kappa shape index (κ2) is 11.5. The van der Waals surface area contributed by atoms with Gasteiger partial charge in [-0.2, -0.15) is 0 Å². The van der Waals surface area contributed by atoms with Crippen LogP contribution >= 0.6 is 22.6 Å². The maximum Gasteiger partial charge on any atom is 0.325 e. The average molecular weight is 640 g/mol. The van der Waals surface area contributed by atoms with Crippen LogP contribution < -0.4 is 25.0 Å². The molecule has 0 aromatic heterocycles. The number of carbonyl (C=O) groups excluding carboxylic acids is 3. The summed E-state index contributed by atoms with van der Waals surface area (Å²) in [5.41, 5.74) is 4.47. The Morgan fingerprint density at radius 3 is 2.21 bits per heavy atom. The van der Waals surface area contributed by atoms with E-state index in [-0.39, 0.29) is 31.6 Å². The molecule has 1 aliphatic carbocycles. The Bertz CT molecular complexity index is 1400. The van der Waals surface area contributed by atoms with E-state index in [0.29, 0.717) is 22.9 Å². The van der Waals surface area contributed by atoms with E-state index < -0.39 is 11.9 Å². The number of ether oxygens (including phenoxy) is 2. The van der Waals surface area contributed by atoms with E-state index in [1.54, 1.807) is 19.2 Å². The molecule has 4 amide bonds. The lowest BCUT2D eigenvalue weighted by molar-refractivity contribution is -0.122. The number of methoxy groups -OCH3 is 2. The standard InChI is InChI=1S/C29H29IN4O5/c1-38-25-14-26(39-2)23(13-22(25)30)32-28(36)17-34-24-10-6-5-9-20(24)15-33(29(34)37)16-27(35)31-21-11-18-7-3-4-8-19(18)12-21/h3-10,13-14,21H,11-12,15-17H2,1-2H3,(H,31,35)(H,32,36). The molecule has 2 N–H and O–H groups in total. The van der Waals surface area contributed by atoms with Crippen molar-refractivity contribution < 1.29 is 23.9 Å². The van der Waals surface area contributed by atoms with Crippen LogP contribution in [0.4, 0.5) is 16.2 Å². The molecule has 2 aliphatic rings. The van der Waals surface area contributed by atoms with Gasteiger partial charge in [-0.15, -0.1) is 0 Å². The molecule has 3 aromatic rings. The molecule has 1 heterocycles. The number of hydrogen-bond acceptors (Lipinski definition) is 5. The van der Waals surface area contributed by atoms with Crippen molar-refractivity contribution in [1.82, 2.24) is 10.2 Å². The number of nitrogens with one attached hydrogen (secondary N) is 2. The molecule has 0 saturated heterocycles. The highest BCUT2D eigenvalue weighted by Crippen LogP contribution is 2.34. The minimum absolute atomic E-state index is 0.00577. The molecular weight excluding hydrogens is 611 g/mol. The van der Waals surface area contributed by atoms with Crippen LogP contribution in [-0.2, 0) is 29.0 Å². The summed E-state index contributed by atoms with van der Waals surface area (Å²) in [6.07, 6.45) is 1.55. The van der Waals surface area contributed by atoms with E-state index in [4.69, 9.17) is 9.47 Å². The summed E-state index contributed by atoms with van der Waals surface area (Å²) in [6.45, 7) is -0.0315. The Labute approximate surface area is 240 Å². The lowest BCUT2D eigenvalue weighted by Crippen LogP contribution is -2.53. The molecule has 0 unspecified atom stereocenters. The largest absolute Gasteiger partial charge is 0.496 e. The fraction of sp³-hybridized carbons (Fsp3) is 0.276. The first-order valence-corrected chi connectivity index (χ1v) is 13.7. The average Bonchev–Trinajstić information content (AvgIpc) is 3.33. The normalized spacial score (nSPS) is 14.5. The Morgan fingerprint density at radius 1 is 0.897 bits per heavy atom. The van der Waals surface area contributed by atoms with Crippen molar-refractivity contribution in [1.29, 1.82) is 0 Å². The first-order chi connectivity index (χ1) is 18.9. The first kappa shape index (κ1) is 26.8. The minimum atomic E-state index is -0.398. The molecule has 0 saturated carbocycles. The molecule has 39 heavy (non-hydrogen) atoms. The maximum atomic E-state index is 13.5. The van der Waals surface area contributed by atoms with Crippen LogP contribution in [0.25, 0.3) is 0 Å². The second-order valence-corrected chi connectivity index (χ2v) is 10.7. The zero-order valence-corrected chi connectivity index (χ0v) is 23.9. The van der Waals surface area contributed by atoms with Crippen LogP contribution in [0.5, 0.6) is 11.5 Å². The van der Waals surface area contributed by atoms with Crippen molar-refractivity contribution in [3.63, 3.8) is 0 Å². The fourth-order valence-corrected chi connectivity index (χ4v) is 5.82. The van der Waals surface area contributed by atoms with Gasteiger partial charge >= 0.3 is 6.03 Å². The fourth-order valence-electron chi connectivity index (χ4n) is 5.13. The predicted octanol–water partition coefficient (Wildman–Crippen LogP) is 3.97. The summed E-state index contributed by atoms with van der Waals surface area (Å²) in [4.78, 5) is 42.5. The minimum Gasteiger partial charge on any atom is -0.496 e. The lowest BCUT2D eigenvalue weighted by atomic mass is 10.1. The van der Waals surface area contributed by atoms with Crippen molar-refractivity contribution in [2.24, 2.45) is 0 Å². The highest BCUT2D eigenvalue weighted by atomic mass is 127. The summed E-state index contributed by atoms with van der Waals surface area (Å²) < 4.78 is 11.5. The monoisotopic (exact) mass is 640 g/mol. The highest BCUT2D eigenvalue weighted by Gasteiger charge is 2.33. The number of para-hydroxylation sites is 1. The SMILES string of the molecule is COc1cc(OC)c(NC(=O)CN2C(=O)N(CC(=O)NC3Cc4ccccc4C3)Cc3ccccc32)cc1I. The quantitative estimate of drug-likeness (QED) is 0.363. The zero-order valence-electron chi connectivity index (χ0n) is 21.7. The number of amides is 4. The topological polar surface area (TPSA) is 100 Å². The van der Waals surface area contributed by atoms with Crippen LogP contribution in [0.3, 0.4) is 0 Å². The predicted molar refractivity (Wildman–Crippen MR) is 156 cm³/mol. The smallest absolute Gasteiger partial charge is 0.325 e. The first-order valence-electron chi connectivity index (χ1n) is 12.6. The molecule has 5 rings (SSSR count). The summed E-state index contributed by atoms with van der Waals surface area (Å²) in [5.74, 6) is 0.453. The van der Waals surface area contributed by atoms with Crippen LogP contribution in [-0.4, -0.2) is 56.1 Å². The van der Waals surface area contributed by atoms with E-state index >= 15 is 0 Å². The number of halogens is 1. The van der Waals surface area contributed by atoms with Crippen LogP contribution in [0.1, 0.15) is 16.7 Å². The summed E-state index contributed by atoms with van der Waals surface area (Å²) in [7, 11) is 3.07. The number of nitrogens with zero attached hydrogens (tertiary/aromatic N) is 2. The van der Waals surface area contributed by atoms with Gasteiger partial charge < -0.3 is 25.0 Å². The summed E-state index contributed by atoms with van der Waals surface area (Å²) in [6, 6.07) is 18.6. The van der Waals surface area contributed by atoms with Crippen LogP contribution in [0, 0.1) is 3.57 Å². The van der Waals surface area contributed by atoms with Gasteiger partial charge in [-0.3, -0.25) is 14.5 Å². The van der Waals surface area contributed by atoms with Gasteiger partial charge in [0.25, 0.3) is 0 Å². The van der Waals surface area contributed by atoms with Crippen LogP contribution in [0.2, 0.25) is 0 Å². The van der Waals surface area contributed by atoms with Gasteiger partial charge in [-0.1, -0.05) is 42.5 Å². The Morgan fingerprint density at radius 2 is 1.54 bits per heavy atom. The van der Waals surface area contributed by atoms with E-state index in [1.165, 1.54) is 28.0 Å². The number of anilines is 2. The molecule has 10 heteroatoms. The third kappa shape index (κ3) is 5.80. The Balaban J connectivity index is 1.28. The Kier molecular flexibility index (Phi) is 7.92. The molecule has 0 radical (unpaired) electrons. The van der Waals surface area contributed by atoms with Crippen LogP contribution in [0.15, 0.2) is 60.7 Å². The molecule has 1 aliphatic heterocycles. The summed E-state index contributed by atoms with van der Waals surface area (Å²) in [5, 5.41) is 5.93.